The molecule has 2 N–H and O–H groups in total. The molecular formula is C12H19FN2O. The molecular weight excluding hydrogens is 207 g/mol. The normalized spacial score (nSPS) is 32.1. The first-order valence-corrected chi connectivity index (χ1v) is 5.77. The van der Waals surface area contributed by atoms with Gasteiger partial charge in [0, 0.05) is 0 Å². The van der Waals surface area contributed by atoms with E-state index in [1.165, 1.54) is 0 Å². The maximum atomic E-state index is 13.5. The molecule has 90 valence electrons. The average molecular weight is 226 g/mol. The van der Waals surface area contributed by atoms with Crippen molar-refractivity contribution in [1.29, 1.82) is 5.26 Å². The van der Waals surface area contributed by atoms with Gasteiger partial charge in [0.2, 0.25) is 5.91 Å². The molecule has 0 radical (unpaired) electrons. The Hall–Kier alpha value is -1.11. The number of hydrogen-bond donors (Lipinski definition) is 1. The number of carbonyl (C=O) groups is 1. The molecule has 0 spiro atoms. The molecule has 1 fully saturated rings. The van der Waals surface area contributed by atoms with Crippen molar-refractivity contribution in [3.63, 3.8) is 0 Å². The minimum atomic E-state index is -1.00. The van der Waals surface area contributed by atoms with Crippen molar-refractivity contribution >= 4 is 5.91 Å². The summed E-state index contributed by atoms with van der Waals surface area (Å²) < 4.78 is 13.5. The molecule has 3 nitrogen and oxygen atoms in total. The van der Waals surface area contributed by atoms with Crippen LogP contribution in [0.2, 0.25) is 0 Å². The Kier molecular flexibility index (Phi) is 3.90. The van der Waals surface area contributed by atoms with Gasteiger partial charge < -0.3 is 5.73 Å². The largest absolute Gasteiger partial charge is 0.369 e. The highest BCUT2D eigenvalue weighted by molar-refractivity contribution is 5.81. The van der Waals surface area contributed by atoms with E-state index in [0.717, 1.165) is 0 Å². The topological polar surface area (TPSA) is 66.9 Å². The predicted octanol–water partition coefficient (Wildman–Crippen LogP) is 2.17. The lowest BCUT2D eigenvalue weighted by Crippen LogP contribution is -2.48. The predicted molar refractivity (Wildman–Crippen MR) is 58.9 cm³/mol. The summed E-state index contributed by atoms with van der Waals surface area (Å²) in [7, 11) is 0. The SMILES string of the molecule is CC(C)[C@H](C#N)C1(C(N)=O)CCCC(F)C1. The molecule has 0 bridgehead atoms. The van der Waals surface area contributed by atoms with Gasteiger partial charge in [0.15, 0.2) is 0 Å². The quantitative estimate of drug-likeness (QED) is 0.801. The summed E-state index contributed by atoms with van der Waals surface area (Å²) in [4.78, 5) is 11.6. The number of nitrogens with zero attached hydrogens (tertiary/aromatic N) is 1. The third-order valence-electron chi connectivity index (χ3n) is 3.62. The number of nitriles is 1. The smallest absolute Gasteiger partial charge is 0.225 e. The molecule has 1 aliphatic carbocycles. The number of primary amides is 1. The van der Waals surface area contributed by atoms with Crippen LogP contribution in [-0.2, 0) is 4.79 Å². The molecule has 1 saturated carbocycles. The summed E-state index contributed by atoms with van der Waals surface area (Å²) in [5.74, 6) is -0.985. The fourth-order valence-electron chi connectivity index (χ4n) is 2.81. The molecule has 2 unspecified atom stereocenters. The van der Waals surface area contributed by atoms with Gasteiger partial charge in [-0.05, 0) is 31.6 Å². The molecule has 1 rings (SSSR count). The Bertz CT molecular complexity index is 311. The Labute approximate surface area is 95.8 Å². The van der Waals surface area contributed by atoms with Crippen LogP contribution in [0.25, 0.3) is 0 Å². The zero-order chi connectivity index (χ0) is 12.3. The van der Waals surface area contributed by atoms with Gasteiger partial charge in [-0.2, -0.15) is 5.26 Å². The summed E-state index contributed by atoms with van der Waals surface area (Å²) in [5.41, 5.74) is 4.46. The van der Waals surface area contributed by atoms with Crippen LogP contribution >= 0.6 is 0 Å². The minimum absolute atomic E-state index is 0.0165. The van der Waals surface area contributed by atoms with Crippen molar-refractivity contribution in [3.8, 4) is 6.07 Å². The summed E-state index contributed by atoms with van der Waals surface area (Å²) in [6.45, 7) is 3.75. The maximum Gasteiger partial charge on any atom is 0.225 e. The van der Waals surface area contributed by atoms with Crippen LogP contribution in [0.5, 0.6) is 0 Å². The number of halogens is 1. The zero-order valence-corrected chi connectivity index (χ0v) is 9.87. The van der Waals surface area contributed by atoms with E-state index in [4.69, 9.17) is 11.0 Å². The third-order valence-corrected chi connectivity index (χ3v) is 3.62. The van der Waals surface area contributed by atoms with E-state index in [1.54, 1.807) is 0 Å². The van der Waals surface area contributed by atoms with Crippen molar-refractivity contribution in [1.82, 2.24) is 0 Å². The van der Waals surface area contributed by atoms with Crippen LogP contribution in [-0.4, -0.2) is 12.1 Å². The molecule has 1 aliphatic rings. The van der Waals surface area contributed by atoms with Gasteiger partial charge in [0.25, 0.3) is 0 Å². The Morgan fingerprint density at radius 3 is 2.62 bits per heavy atom. The van der Waals surface area contributed by atoms with Gasteiger partial charge >= 0.3 is 0 Å². The number of nitrogens with two attached hydrogens (primary N) is 1. The van der Waals surface area contributed by atoms with Gasteiger partial charge in [-0.3, -0.25) is 4.79 Å². The van der Waals surface area contributed by atoms with Crippen molar-refractivity contribution in [2.24, 2.45) is 23.0 Å². The van der Waals surface area contributed by atoms with E-state index in [2.05, 4.69) is 6.07 Å². The number of alkyl halides is 1. The van der Waals surface area contributed by atoms with E-state index in [9.17, 15) is 9.18 Å². The first kappa shape index (κ1) is 13.0. The lowest BCUT2D eigenvalue weighted by atomic mass is 9.62. The van der Waals surface area contributed by atoms with Gasteiger partial charge in [0.05, 0.1) is 17.4 Å². The molecule has 0 aromatic heterocycles. The molecule has 4 heteroatoms. The Morgan fingerprint density at radius 2 is 2.25 bits per heavy atom. The van der Waals surface area contributed by atoms with Gasteiger partial charge in [0.1, 0.15) is 6.17 Å². The van der Waals surface area contributed by atoms with Crippen LogP contribution in [0, 0.1) is 28.6 Å². The third kappa shape index (κ3) is 2.18. The summed E-state index contributed by atoms with van der Waals surface area (Å²) >= 11 is 0. The van der Waals surface area contributed by atoms with Gasteiger partial charge in [-0.15, -0.1) is 0 Å². The highest BCUT2D eigenvalue weighted by Gasteiger charge is 2.49. The molecule has 0 aliphatic heterocycles. The Balaban J connectivity index is 3.05. The van der Waals surface area contributed by atoms with Crippen molar-refractivity contribution in [2.45, 2.75) is 45.7 Å². The van der Waals surface area contributed by atoms with E-state index in [0.29, 0.717) is 19.3 Å². The monoisotopic (exact) mass is 226 g/mol. The first-order chi connectivity index (χ1) is 7.44. The zero-order valence-electron chi connectivity index (χ0n) is 9.87. The van der Waals surface area contributed by atoms with E-state index < -0.39 is 23.4 Å². The van der Waals surface area contributed by atoms with Crippen molar-refractivity contribution in [2.75, 3.05) is 0 Å². The van der Waals surface area contributed by atoms with E-state index in [1.807, 2.05) is 13.8 Å². The Morgan fingerprint density at radius 1 is 1.62 bits per heavy atom. The highest BCUT2D eigenvalue weighted by Crippen LogP contribution is 2.46. The molecule has 3 atom stereocenters. The van der Waals surface area contributed by atoms with Crippen LogP contribution < -0.4 is 5.73 Å². The number of carbonyl (C=O) groups excluding carboxylic acids is 1. The summed E-state index contributed by atoms with van der Waals surface area (Å²) in [6.07, 6.45) is 0.758. The molecule has 0 heterocycles. The van der Waals surface area contributed by atoms with Crippen LogP contribution in [0.15, 0.2) is 0 Å². The highest BCUT2D eigenvalue weighted by atomic mass is 19.1. The molecule has 16 heavy (non-hydrogen) atoms. The summed E-state index contributed by atoms with van der Waals surface area (Å²) in [6, 6.07) is 2.15. The lowest BCUT2D eigenvalue weighted by Gasteiger charge is -2.40. The van der Waals surface area contributed by atoms with E-state index in [-0.39, 0.29) is 12.3 Å². The minimum Gasteiger partial charge on any atom is -0.369 e. The van der Waals surface area contributed by atoms with Crippen molar-refractivity contribution < 1.29 is 9.18 Å². The second-order valence-corrected chi connectivity index (χ2v) is 5.06. The fourth-order valence-corrected chi connectivity index (χ4v) is 2.81. The second kappa shape index (κ2) is 4.82. The average Bonchev–Trinajstić information content (AvgIpc) is 2.17. The van der Waals surface area contributed by atoms with Gasteiger partial charge in [-0.25, -0.2) is 4.39 Å². The maximum absolute atomic E-state index is 13.5. The van der Waals surface area contributed by atoms with Crippen LogP contribution in [0.1, 0.15) is 39.5 Å². The lowest BCUT2D eigenvalue weighted by molar-refractivity contribution is -0.134. The second-order valence-electron chi connectivity index (χ2n) is 5.06. The summed E-state index contributed by atoms with van der Waals surface area (Å²) in [5, 5.41) is 9.17. The van der Waals surface area contributed by atoms with Gasteiger partial charge in [-0.1, -0.05) is 13.8 Å². The molecule has 0 aromatic rings. The number of hydrogen-bond acceptors (Lipinski definition) is 2. The van der Waals surface area contributed by atoms with Crippen molar-refractivity contribution in [3.05, 3.63) is 0 Å². The number of amides is 1. The molecule has 0 saturated heterocycles. The van der Waals surface area contributed by atoms with Crippen LogP contribution in [0.4, 0.5) is 4.39 Å². The molecule has 1 amide bonds. The number of rotatable bonds is 3. The van der Waals surface area contributed by atoms with Crippen LogP contribution in [0.3, 0.4) is 0 Å². The molecule has 0 aromatic carbocycles. The standard InChI is InChI=1S/C12H19FN2O/c1-8(2)10(7-14)12(11(15)16)5-3-4-9(13)6-12/h8-10H,3-6H2,1-2H3,(H2,15,16)/t9?,10-,12?/m0/s1. The fraction of sp³-hybridized carbons (Fsp3) is 0.833. The van der Waals surface area contributed by atoms with E-state index >= 15 is 0 Å². The first-order valence-electron chi connectivity index (χ1n) is 5.77.